The fraction of sp³-hybridized carbons (Fsp3) is 0.571. The molecule has 1 aromatic heterocycles. The van der Waals surface area contributed by atoms with Gasteiger partial charge in [0.25, 0.3) is 0 Å². The van der Waals surface area contributed by atoms with Crippen molar-refractivity contribution in [1.82, 2.24) is 0 Å². The summed E-state index contributed by atoms with van der Waals surface area (Å²) < 4.78 is 5.85. The molecule has 1 aliphatic carbocycles. The number of ether oxygens (including phenoxy) is 1. The summed E-state index contributed by atoms with van der Waals surface area (Å²) in [6.45, 7) is 0.854. The number of rotatable bonds is 4. The molecule has 0 bridgehead atoms. The van der Waals surface area contributed by atoms with Crippen molar-refractivity contribution in [1.29, 1.82) is 0 Å². The van der Waals surface area contributed by atoms with Crippen LogP contribution in [0.1, 0.15) is 41.9 Å². The average molecular weight is 250 g/mol. The fourth-order valence-corrected chi connectivity index (χ4v) is 2.79. The van der Waals surface area contributed by atoms with Gasteiger partial charge in [-0.15, -0.1) is 11.3 Å². The first-order valence-corrected chi connectivity index (χ1v) is 7.00. The lowest BCUT2D eigenvalue weighted by Crippen LogP contribution is -2.06. The van der Waals surface area contributed by atoms with Gasteiger partial charge in [0.1, 0.15) is 0 Å². The SMILES string of the molecule is OCCC#Cc1ccc(COC2CCCC2)s1. The highest BCUT2D eigenvalue weighted by Crippen LogP contribution is 2.23. The Labute approximate surface area is 107 Å². The van der Waals surface area contributed by atoms with Crippen molar-refractivity contribution in [2.45, 2.75) is 44.8 Å². The Kier molecular flexibility index (Phi) is 5.06. The van der Waals surface area contributed by atoms with Crippen LogP contribution in [0.3, 0.4) is 0 Å². The molecule has 2 rings (SSSR count). The van der Waals surface area contributed by atoms with Crippen molar-refractivity contribution >= 4 is 11.3 Å². The maximum Gasteiger partial charge on any atom is 0.0813 e. The van der Waals surface area contributed by atoms with Crippen molar-refractivity contribution < 1.29 is 9.84 Å². The van der Waals surface area contributed by atoms with Crippen LogP contribution >= 0.6 is 11.3 Å². The topological polar surface area (TPSA) is 29.5 Å². The molecule has 0 atom stereocenters. The molecule has 2 nitrogen and oxygen atoms in total. The third-order valence-electron chi connectivity index (χ3n) is 2.87. The number of thiophene rings is 1. The minimum Gasteiger partial charge on any atom is -0.395 e. The zero-order valence-corrected chi connectivity index (χ0v) is 10.8. The van der Waals surface area contributed by atoms with E-state index in [0.29, 0.717) is 12.5 Å². The molecule has 0 amide bonds. The van der Waals surface area contributed by atoms with E-state index in [1.54, 1.807) is 11.3 Å². The predicted molar refractivity (Wildman–Crippen MR) is 69.9 cm³/mol. The molecule has 1 aliphatic rings. The van der Waals surface area contributed by atoms with Gasteiger partial charge < -0.3 is 9.84 Å². The van der Waals surface area contributed by atoms with Crippen LogP contribution in [0.2, 0.25) is 0 Å². The van der Waals surface area contributed by atoms with Crippen molar-refractivity contribution in [2.75, 3.05) is 6.61 Å². The fourth-order valence-electron chi connectivity index (χ4n) is 1.98. The molecule has 0 aliphatic heterocycles. The van der Waals surface area contributed by atoms with Crippen LogP contribution in [0.4, 0.5) is 0 Å². The van der Waals surface area contributed by atoms with Gasteiger partial charge in [-0.25, -0.2) is 0 Å². The third kappa shape index (κ3) is 4.16. The van der Waals surface area contributed by atoms with Crippen LogP contribution in [-0.2, 0) is 11.3 Å². The quantitative estimate of drug-likeness (QED) is 0.833. The Bertz CT molecular complexity index is 394. The standard InChI is InChI=1S/C14H18O2S/c15-10-4-3-7-13-8-9-14(17-13)11-16-12-5-1-2-6-12/h8-9,12,15H,1-2,4-6,10-11H2. The molecule has 0 radical (unpaired) electrons. The van der Waals surface area contributed by atoms with E-state index in [1.165, 1.54) is 30.6 Å². The number of aliphatic hydroxyl groups excluding tert-OH is 1. The molecule has 17 heavy (non-hydrogen) atoms. The van der Waals surface area contributed by atoms with E-state index in [0.717, 1.165) is 11.5 Å². The molecule has 0 aromatic carbocycles. The summed E-state index contributed by atoms with van der Waals surface area (Å²) in [5.41, 5.74) is 0. The number of hydrogen-bond donors (Lipinski definition) is 1. The molecule has 1 saturated carbocycles. The summed E-state index contributed by atoms with van der Waals surface area (Å²) in [6.07, 6.45) is 6.08. The second-order valence-electron chi connectivity index (χ2n) is 4.26. The van der Waals surface area contributed by atoms with E-state index >= 15 is 0 Å². The minimum atomic E-state index is 0.135. The minimum absolute atomic E-state index is 0.135. The van der Waals surface area contributed by atoms with Crippen LogP contribution in [-0.4, -0.2) is 17.8 Å². The Morgan fingerprint density at radius 3 is 2.94 bits per heavy atom. The molecule has 0 spiro atoms. The van der Waals surface area contributed by atoms with E-state index in [2.05, 4.69) is 17.9 Å². The Hall–Kier alpha value is -0.820. The van der Waals surface area contributed by atoms with Crippen molar-refractivity contribution in [2.24, 2.45) is 0 Å². The van der Waals surface area contributed by atoms with Crippen LogP contribution in [0.5, 0.6) is 0 Å². The second-order valence-corrected chi connectivity index (χ2v) is 5.43. The summed E-state index contributed by atoms with van der Waals surface area (Å²) in [5.74, 6) is 5.98. The smallest absolute Gasteiger partial charge is 0.0813 e. The summed E-state index contributed by atoms with van der Waals surface area (Å²) >= 11 is 1.69. The number of aliphatic hydroxyl groups is 1. The number of hydrogen-bond acceptors (Lipinski definition) is 3. The van der Waals surface area contributed by atoms with E-state index in [4.69, 9.17) is 9.84 Å². The molecule has 92 valence electrons. The zero-order valence-electron chi connectivity index (χ0n) is 9.95. The van der Waals surface area contributed by atoms with Gasteiger partial charge in [0.05, 0.1) is 24.2 Å². The van der Waals surface area contributed by atoms with Gasteiger partial charge >= 0.3 is 0 Å². The van der Waals surface area contributed by atoms with E-state index in [1.807, 2.05) is 6.07 Å². The molecular formula is C14H18O2S. The van der Waals surface area contributed by atoms with Gasteiger partial charge in [-0.3, -0.25) is 0 Å². The van der Waals surface area contributed by atoms with Gasteiger partial charge in [-0.05, 0) is 25.0 Å². The molecule has 1 heterocycles. The Morgan fingerprint density at radius 1 is 1.35 bits per heavy atom. The first kappa shape index (κ1) is 12.6. The van der Waals surface area contributed by atoms with Crippen molar-refractivity contribution in [3.63, 3.8) is 0 Å². The Balaban J connectivity index is 1.79. The largest absolute Gasteiger partial charge is 0.395 e. The molecule has 1 aromatic rings. The molecule has 1 fully saturated rings. The monoisotopic (exact) mass is 250 g/mol. The highest BCUT2D eigenvalue weighted by molar-refractivity contribution is 7.12. The van der Waals surface area contributed by atoms with Gasteiger partial charge in [0.15, 0.2) is 0 Å². The van der Waals surface area contributed by atoms with Crippen LogP contribution in [0.15, 0.2) is 12.1 Å². The molecule has 1 N–H and O–H groups in total. The maximum absolute atomic E-state index is 8.64. The van der Waals surface area contributed by atoms with Crippen LogP contribution < -0.4 is 0 Å². The van der Waals surface area contributed by atoms with Crippen LogP contribution in [0.25, 0.3) is 0 Å². The van der Waals surface area contributed by atoms with Crippen molar-refractivity contribution in [3.8, 4) is 11.8 Å². The zero-order chi connectivity index (χ0) is 11.9. The average Bonchev–Trinajstić information content (AvgIpc) is 2.98. The maximum atomic E-state index is 8.64. The van der Waals surface area contributed by atoms with Gasteiger partial charge in [-0.1, -0.05) is 24.7 Å². The summed E-state index contributed by atoms with van der Waals surface area (Å²) in [4.78, 5) is 2.30. The van der Waals surface area contributed by atoms with Crippen molar-refractivity contribution in [3.05, 3.63) is 21.9 Å². The van der Waals surface area contributed by atoms with Gasteiger partial charge in [0.2, 0.25) is 0 Å². The highest BCUT2D eigenvalue weighted by atomic mass is 32.1. The molecule has 0 saturated heterocycles. The lowest BCUT2D eigenvalue weighted by atomic mass is 10.3. The molecular weight excluding hydrogens is 232 g/mol. The lowest BCUT2D eigenvalue weighted by Gasteiger charge is -2.09. The summed E-state index contributed by atoms with van der Waals surface area (Å²) in [5, 5.41) is 8.64. The Morgan fingerprint density at radius 2 is 2.18 bits per heavy atom. The van der Waals surface area contributed by atoms with E-state index < -0.39 is 0 Å². The van der Waals surface area contributed by atoms with Gasteiger partial charge in [-0.2, -0.15) is 0 Å². The first-order valence-electron chi connectivity index (χ1n) is 6.18. The summed E-state index contributed by atoms with van der Waals surface area (Å²) in [7, 11) is 0. The normalized spacial score (nSPS) is 15.8. The molecule has 3 heteroatoms. The lowest BCUT2D eigenvalue weighted by molar-refractivity contribution is 0.0473. The third-order valence-corrected chi connectivity index (χ3v) is 3.85. The second kappa shape index (κ2) is 6.80. The first-order chi connectivity index (χ1) is 8.38. The van der Waals surface area contributed by atoms with E-state index in [-0.39, 0.29) is 6.61 Å². The highest BCUT2D eigenvalue weighted by Gasteiger charge is 2.15. The van der Waals surface area contributed by atoms with Gasteiger partial charge in [0, 0.05) is 11.3 Å². The van der Waals surface area contributed by atoms with Crippen LogP contribution in [0, 0.1) is 11.8 Å². The van der Waals surface area contributed by atoms with E-state index in [9.17, 15) is 0 Å². The predicted octanol–water partition coefficient (Wildman–Crippen LogP) is 2.94. The summed E-state index contributed by atoms with van der Waals surface area (Å²) in [6, 6.07) is 4.12. The molecule has 0 unspecified atom stereocenters.